The molecule has 0 unspecified atom stereocenters. The van der Waals surface area contributed by atoms with Crippen LogP contribution in [0.1, 0.15) is 60.3 Å². The second-order valence-electron chi connectivity index (χ2n) is 5.92. The number of aliphatic hydroxyl groups is 1. The molecule has 1 N–H and O–H groups in total. The quantitative estimate of drug-likeness (QED) is 0.273. The number of hydrogen-bond donors (Lipinski definition) is 2. The fourth-order valence-electron chi connectivity index (χ4n) is 2.14. The summed E-state index contributed by atoms with van der Waals surface area (Å²) in [5, 5.41) is 9.57. The zero-order valence-corrected chi connectivity index (χ0v) is 14.3. The van der Waals surface area contributed by atoms with Crippen LogP contribution < -0.4 is 0 Å². The minimum absolute atomic E-state index is 0.161. The monoisotopic (exact) mass is 287 g/mol. The number of unbranched alkanes of at least 4 members (excludes halogenated alkanes) is 1. The number of aliphatic hydroxyl groups excluding tert-OH is 1. The highest BCUT2D eigenvalue weighted by molar-refractivity contribution is 7.80. The maximum absolute atomic E-state index is 9.57. The van der Waals surface area contributed by atoms with E-state index >= 15 is 0 Å². The van der Waals surface area contributed by atoms with E-state index < -0.39 is 0 Å². The first-order valence-corrected chi connectivity index (χ1v) is 8.16. The van der Waals surface area contributed by atoms with Crippen LogP contribution in [0.25, 0.3) is 0 Å². The van der Waals surface area contributed by atoms with Crippen LogP contribution in [0.3, 0.4) is 0 Å². The van der Waals surface area contributed by atoms with E-state index in [0.29, 0.717) is 12.0 Å². The van der Waals surface area contributed by atoms with Crippen molar-refractivity contribution in [3.8, 4) is 0 Å². The highest BCUT2D eigenvalue weighted by Gasteiger charge is 2.19. The predicted molar refractivity (Wildman–Crippen MR) is 88.8 cm³/mol. The largest absolute Gasteiger partial charge is 0.381 e. The lowest BCUT2D eigenvalue weighted by atomic mass is 9.95. The summed E-state index contributed by atoms with van der Waals surface area (Å²) in [6.07, 6.45) is 4.70. The number of allylic oxidation sites excluding steroid dienone is 1. The second-order valence-corrected chi connectivity index (χ2v) is 6.37. The number of thiol groups is 1. The topological polar surface area (TPSA) is 23.5 Å². The Morgan fingerprint density at radius 1 is 1.16 bits per heavy atom. The van der Waals surface area contributed by atoms with Crippen LogP contribution in [0.15, 0.2) is 11.1 Å². The van der Waals surface area contributed by atoms with E-state index in [-0.39, 0.29) is 6.73 Å². The molecule has 0 aliphatic heterocycles. The molecule has 0 radical (unpaired) electrons. The summed E-state index contributed by atoms with van der Waals surface area (Å²) in [5.74, 6) is 1.60. The van der Waals surface area contributed by atoms with E-state index in [1.54, 1.807) is 0 Å². The van der Waals surface area contributed by atoms with Crippen molar-refractivity contribution in [2.75, 3.05) is 19.0 Å². The predicted octanol–water partition coefficient (Wildman–Crippen LogP) is 4.11. The van der Waals surface area contributed by atoms with Crippen molar-refractivity contribution in [2.45, 2.75) is 66.3 Å². The van der Waals surface area contributed by atoms with E-state index in [4.69, 9.17) is 0 Å². The minimum Gasteiger partial charge on any atom is -0.381 e. The highest BCUT2D eigenvalue weighted by Crippen LogP contribution is 2.18. The van der Waals surface area contributed by atoms with Crippen molar-refractivity contribution in [1.82, 2.24) is 4.90 Å². The molecule has 0 bridgehead atoms. The molecule has 0 saturated carbocycles. The summed E-state index contributed by atoms with van der Waals surface area (Å²) in [6.45, 7) is 12.1. The average Bonchev–Trinajstić information content (AvgIpc) is 2.38. The van der Waals surface area contributed by atoms with Gasteiger partial charge in [-0.05, 0) is 58.6 Å². The van der Waals surface area contributed by atoms with Crippen molar-refractivity contribution in [3.05, 3.63) is 11.1 Å². The smallest absolute Gasteiger partial charge is 0.0959 e. The Kier molecular flexibility index (Phi) is 10.8. The molecule has 2 atom stereocenters. The summed E-state index contributed by atoms with van der Waals surface area (Å²) in [4.78, 5) is 2.19. The van der Waals surface area contributed by atoms with Crippen molar-refractivity contribution < 1.29 is 5.11 Å². The fraction of sp³-hybridized carbons (Fsp3) is 0.875. The van der Waals surface area contributed by atoms with Crippen LogP contribution in [0, 0.1) is 5.92 Å². The van der Waals surface area contributed by atoms with E-state index in [1.807, 2.05) is 0 Å². The normalized spacial score (nSPS) is 14.5. The molecule has 19 heavy (non-hydrogen) atoms. The Hall–Kier alpha value is 0.0100. The molecule has 0 saturated heterocycles. The Bertz CT molecular complexity index is 261. The summed E-state index contributed by atoms with van der Waals surface area (Å²) < 4.78 is 0. The first-order chi connectivity index (χ1) is 8.93. The zero-order chi connectivity index (χ0) is 14.8. The summed E-state index contributed by atoms with van der Waals surface area (Å²) in [7, 11) is 0. The van der Waals surface area contributed by atoms with Gasteiger partial charge in [0.2, 0.25) is 0 Å². The molecule has 0 heterocycles. The van der Waals surface area contributed by atoms with Crippen LogP contribution >= 0.6 is 12.6 Å². The molecular weight excluding hydrogens is 254 g/mol. The number of hydrogen-bond acceptors (Lipinski definition) is 3. The van der Waals surface area contributed by atoms with Gasteiger partial charge in [-0.15, -0.1) is 0 Å². The number of nitrogens with zero attached hydrogens (tertiary/aromatic N) is 1. The van der Waals surface area contributed by atoms with Gasteiger partial charge in [0.25, 0.3) is 0 Å². The molecule has 0 aromatic carbocycles. The SMILES string of the molecule is CC(C)=C(C)CCN(CO)[C@H](C)[C@@H](C)CCCCS. The van der Waals surface area contributed by atoms with Gasteiger partial charge in [-0.1, -0.05) is 24.5 Å². The van der Waals surface area contributed by atoms with E-state index in [9.17, 15) is 5.11 Å². The van der Waals surface area contributed by atoms with Crippen LogP contribution in [-0.4, -0.2) is 35.1 Å². The zero-order valence-electron chi connectivity index (χ0n) is 13.4. The first-order valence-electron chi connectivity index (χ1n) is 7.52. The lowest BCUT2D eigenvalue weighted by Crippen LogP contribution is -2.39. The molecule has 3 heteroatoms. The summed E-state index contributed by atoms with van der Waals surface area (Å²) >= 11 is 4.25. The average molecular weight is 288 g/mol. The highest BCUT2D eigenvalue weighted by atomic mass is 32.1. The molecule has 0 aliphatic carbocycles. The molecule has 0 amide bonds. The molecule has 0 aromatic heterocycles. The molecule has 0 fully saturated rings. The molecular formula is C16H33NOS. The Labute approximate surface area is 125 Å². The van der Waals surface area contributed by atoms with Gasteiger partial charge in [0.1, 0.15) is 0 Å². The third-order valence-electron chi connectivity index (χ3n) is 4.28. The van der Waals surface area contributed by atoms with Crippen LogP contribution in [-0.2, 0) is 0 Å². The van der Waals surface area contributed by atoms with Gasteiger partial charge in [0.15, 0.2) is 0 Å². The van der Waals surface area contributed by atoms with Crippen LogP contribution in [0.2, 0.25) is 0 Å². The van der Waals surface area contributed by atoms with Crippen molar-refractivity contribution in [3.63, 3.8) is 0 Å². The van der Waals surface area contributed by atoms with E-state index in [1.165, 1.54) is 30.4 Å². The van der Waals surface area contributed by atoms with Gasteiger partial charge < -0.3 is 5.11 Å². The Balaban J connectivity index is 4.23. The molecule has 0 spiro atoms. The van der Waals surface area contributed by atoms with Gasteiger partial charge >= 0.3 is 0 Å². The van der Waals surface area contributed by atoms with Gasteiger partial charge in [0, 0.05) is 12.6 Å². The maximum atomic E-state index is 9.57. The van der Waals surface area contributed by atoms with Crippen LogP contribution in [0.5, 0.6) is 0 Å². The molecule has 0 aromatic rings. The lowest BCUT2D eigenvalue weighted by molar-refractivity contribution is 0.0516. The fourth-order valence-corrected chi connectivity index (χ4v) is 2.37. The molecule has 2 nitrogen and oxygen atoms in total. The second kappa shape index (κ2) is 10.8. The molecule has 0 rings (SSSR count). The van der Waals surface area contributed by atoms with E-state index in [2.05, 4.69) is 52.1 Å². The number of rotatable bonds is 10. The van der Waals surface area contributed by atoms with E-state index in [0.717, 1.165) is 18.7 Å². The van der Waals surface area contributed by atoms with Gasteiger partial charge in [-0.2, -0.15) is 12.6 Å². The summed E-state index contributed by atoms with van der Waals surface area (Å²) in [6, 6.07) is 0.440. The standard InChI is InChI=1S/C16H33NOS/c1-13(2)14(3)9-10-17(12-18)16(5)15(4)8-6-7-11-19/h15-16,18-19H,6-12H2,1-5H3/t15-,16+/m0/s1. The van der Waals surface area contributed by atoms with Crippen molar-refractivity contribution in [1.29, 1.82) is 0 Å². The third kappa shape index (κ3) is 8.01. The van der Waals surface area contributed by atoms with Gasteiger partial charge in [-0.3, -0.25) is 4.90 Å². The van der Waals surface area contributed by atoms with Gasteiger partial charge in [0.05, 0.1) is 6.73 Å². The van der Waals surface area contributed by atoms with Gasteiger partial charge in [-0.25, -0.2) is 0 Å². The minimum atomic E-state index is 0.161. The van der Waals surface area contributed by atoms with Crippen molar-refractivity contribution >= 4 is 12.6 Å². The molecule has 0 aliphatic rings. The first kappa shape index (κ1) is 19.0. The maximum Gasteiger partial charge on any atom is 0.0959 e. The molecule has 114 valence electrons. The van der Waals surface area contributed by atoms with Crippen LogP contribution in [0.4, 0.5) is 0 Å². The summed E-state index contributed by atoms with van der Waals surface area (Å²) in [5.41, 5.74) is 2.83. The lowest BCUT2D eigenvalue weighted by Gasteiger charge is -2.32. The van der Waals surface area contributed by atoms with Crippen molar-refractivity contribution in [2.24, 2.45) is 5.92 Å². The Morgan fingerprint density at radius 2 is 1.79 bits per heavy atom. The third-order valence-corrected chi connectivity index (χ3v) is 4.59. The Morgan fingerprint density at radius 3 is 2.26 bits per heavy atom.